The Labute approximate surface area is 110 Å². The van der Waals surface area contributed by atoms with E-state index in [1.807, 2.05) is 0 Å². The average Bonchev–Trinajstić information content (AvgIpc) is 2.22. The van der Waals surface area contributed by atoms with E-state index in [2.05, 4.69) is 20.9 Å². The molecule has 0 N–H and O–H groups in total. The van der Waals surface area contributed by atoms with Gasteiger partial charge >= 0.3 is 6.18 Å². The lowest BCUT2D eigenvalue weighted by atomic mass is 9.92. The van der Waals surface area contributed by atoms with Crippen molar-refractivity contribution in [3.63, 3.8) is 0 Å². The van der Waals surface area contributed by atoms with Crippen LogP contribution in [0.2, 0.25) is 5.02 Å². The molecule has 0 saturated heterocycles. The Balaban J connectivity index is 2.91. The first-order chi connectivity index (χ1) is 7.82. The molecule has 0 amide bonds. The van der Waals surface area contributed by atoms with E-state index in [0.29, 0.717) is 5.39 Å². The zero-order valence-corrected chi connectivity index (χ0v) is 10.5. The first-order valence-corrected chi connectivity index (χ1v) is 5.60. The van der Waals surface area contributed by atoms with E-state index in [4.69, 9.17) is 19.4 Å². The molecule has 0 aliphatic carbocycles. The average molecular weight is 320 g/mol. The molecule has 0 aliphatic rings. The molecular formula is C10H3BBrClF3N. The predicted molar refractivity (Wildman–Crippen MR) is 64.8 cm³/mol. The van der Waals surface area contributed by atoms with Crippen molar-refractivity contribution in [1.29, 1.82) is 0 Å². The highest BCUT2D eigenvalue weighted by atomic mass is 79.9. The maximum absolute atomic E-state index is 12.7. The standard InChI is InChI=1S/C10H3BBrClF3N/c11-6-7(12)4-2-1-3-5(13)8(4)17-9(6)10(14,15)16/h1-3H. The van der Waals surface area contributed by atoms with Crippen LogP contribution in [-0.4, -0.2) is 12.8 Å². The molecule has 2 radical (unpaired) electrons. The summed E-state index contributed by atoms with van der Waals surface area (Å²) in [7, 11) is 5.41. The van der Waals surface area contributed by atoms with Gasteiger partial charge in [0.1, 0.15) is 13.5 Å². The third-order valence-electron chi connectivity index (χ3n) is 2.21. The number of aromatic nitrogens is 1. The molecule has 0 fully saturated rings. The molecule has 1 nitrogen and oxygen atoms in total. The van der Waals surface area contributed by atoms with Gasteiger partial charge in [0, 0.05) is 9.86 Å². The van der Waals surface area contributed by atoms with Crippen LogP contribution in [0.5, 0.6) is 0 Å². The quantitative estimate of drug-likeness (QED) is 0.678. The van der Waals surface area contributed by atoms with E-state index in [-0.39, 0.29) is 15.0 Å². The Morgan fingerprint density at radius 1 is 1.29 bits per heavy atom. The second-order valence-corrected chi connectivity index (χ2v) is 4.52. The van der Waals surface area contributed by atoms with Crippen LogP contribution in [0.4, 0.5) is 13.2 Å². The second-order valence-electron chi connectivity index (χ2n) is 3.32. The summed E-state index contributed by atoms with van der Waals surface area (Å²) >= 11 is 8.85. The van der Waals surface area contributed by atoms with E-state index in [9.17, 15) is 13.2 Å². The molecule has 0 atom stereocenters. The lowest BCUT2D eigenvalue weighted by Gasteiger charge is -2.13. The van der Waals surface area contributed by atoms with Gasteiger partial charge in [0.15, 0.2) is 0 Å². The van der Waals surface area contributed by atoms with Gasteiger partial charge in [-0.1, -0.05) is 45.1 Å². The van der Waals surface area contributed by atoms with Crippen LogP contribution in [0.1, 0.15) is 5.69 Å². The molecule has 0 aliphatic heterocycles. The zero-order valence-electron chi connectivity index (χ0n) is 8.15. The predicted octanol–water partition coefficient (Wildman–Crippen LogP) is 3.46. The van der Waals surface area contributed by atoms with Gasteiger partial charge in [-0.3, -0.25) is 0 Å². The van der Waals surface area contributed by atoms with Gasteiger partial charge in [-0.25, -0.2) is 4.98 Å². The maximum Gasteiger partial charge on any atom is 0.432 e. The number of hydrogen-bond donors (Lipinski definition) is 0. The summed E-state index contributed by atoms with van der Waals surface area (Å²) in [5, 5.41) is 0.594. The molecule has 1 aromatic heterocycles. The number of para-hydroxylation sites is 1. The molecule has 1 heterocycles. The van der Waals surface area contributed by atoms with E-state index in [1.165, 1.54) is 6.07 Å². The first kappa shape index (κ1) is 12.7. The van der Waals surface area contributed by atoms with E-state index in [1.54, 1.807) is 12.1 Å². The second kappa shape index (κ2) is 4.17. The molecule has 0 spiro atoms. The van der Waals surface area contributed by atoms with Gasteiger partial charge in [0.05, 0.1) is 10.5 Å². The number of fused-ring (bicyclic) bond motifs is 1. The van der Waals surface area contributed by atoms with Crippen LogP contribution >= 0.6 is 27.5 Å². The number of rotatable bonds is 0. The molecule has 7 heteroatoms. The largest absolute Gasteiger partial charge is 0.432 e. The van der Waals surface area contributed by atoms with Crippen LogP contribution in [0.15, 0.2) is 22.7 Å². The van der Waals surface area contributed by atoms with E-state index >= 15 is 0 Å². The molecule has 2 aromatic rings. The first-order valence-electron chi connectivity index (χ1n) is 4.42. The summed E-state index contributed by atoms with van der Waals surface area (Å²) in [6.07, 6.45) is -4.61. The van der Waals surface area contributed by atoms with Crippen molar-refractivity contribution in [2.45, 2.75) is 6.18 Å². The Bertz CT molecular complexity index is 600. The van der Waals surface area contributed by atoms with Crippen LogP contribution in [0, 0.1) is 0 Å². The van der Waals surface area contributed by atoms with Gasteiger partial charge in [0.2, 0.25) is 0 Å². The fourth-order valence-corrected chi connectivity index (χ4v) is 2.17. The van der Waals surface area contributed by atoms with Crippen molar-refractivity contribution in [2.24, 2.45) is 0 Å². The Morgan fingerprint density at radius 3 is 2.53 bits per heavy atom. The molecular weight excluding hydrogens is 317 g/mol. The van der Waals surface area contributed by atoms with Gasteiger partial charge < -0.3 is 0 Å². The Morgan fingerprint density at radius 2 is 1.94 bits per heavy atom. The summed E-state index contributed by atoms with van der Waals surface area (Å²) in [4.78, 5) is 3.49. The Hall–Kier alpha value is -0.745. The highest BCUT2D eigenvalue weighted by molar-refractivity contribution is 9.10. The molecule has 1 aromatic carbocycles. The van der Waals surface area contributed by atoms with Gasteiger partial charge in [0.25, 0.3) is 0 Å². The van der Waals surface area contributed by atoms with E-state index < -0.39 is 17.3 Å². The fourth-order valence-electron chi connectivity index (χ4n) is 1.44. The molecule has 2 rings (SSSR count). The van der Waals surface area contributed by atoms with Gasteiger partial charge in [-0.15, -0.1) is 0 Å². The third kappa shape index (κ3) is 2.16. The van der Waals surface area contributed by atoms with Crippen LogP contribution in [0.25, 0.3) is 10.9 Å². The van der Waals surface area contributed by atoms with Gasteiger partial charge in [-0.2, -0.15) is 13.2 Å². The van der Waals surface area contributed by atoms with Crippen molar-refractivity contribution in [3.05, 3.63) is 33.4 Å². The minimum absolute atomic E-state index is 0.0718. The molecule has 86 valence electrons. The number of nitrogens with zero attached hydrogens (tertiary/aromatic N) is 1. The minimum atomic E-state index is -4.61. The maximum atomic E-state index is 12.7. The lowest BCUT2D eigenvalue weighted by Crippen LogP contribution is -2.23. The van der Waals surface area contributed by atoms with Crippen molar-refractivity contribution in [2.75, 3.05) is 0 Å². The zero-order chi connectivity index (χ0) is 12.8. The van der Waals surface area contributed by atoms with Crippen molar-refractivity contribution in [1.82, 2.24) is 4.98 Å². The molecule has 0 saturated carbocycles. The highest BCUT2D eigenvalue weighted by Gasteiger charge is 2.35. The summed E-state index contributed by atoms with van der Waals surface area (Å²) in [5.41, 5.74) is -1.50. The summed E-state index contributed by atoms with van der Waals surface area (Å²) < 4.78 is 38.2. The third-order valence-corrected chi connectivity index (χ3v) is 3.37. The smallest absolute Gasteiger partial charge is 0.242 e. The number of alkyl halides is 3. The summed E-state index contributed by atoms with van der Waals surface area (Å²) in [6.45, 7) is 0. The number of pyridine rings is 1. The fraction of sp³-hybridized carbons (Fsp3) is 0.100. The summed E-state index contributed by atoms with van der Waals surface area (Å²) in [6, 6.07) is 4.68. The van der Waals surface area contributed by atoms with Crippen molar-refractivity contribution in [3.8, 4) is 0 Å². The van der Waals surface area contributed by atoms with Crippen LogP contribution in [0.3, 0.4) is 0 Å². The normalized spacial score (nSPS) is 12.1. The van der Waals surface area contributed by atoms with Crippen molar-refractivity contribution >= 4 is 51.7 Å². The number of hydrogen-bond acceptors (Lipinski definition) is 1. The van der Waals surface area contributed by atoms with E-state index in [0.717, 1.165) is 0 Å². The monoisotopic (exact) mass is 319 g/mol. The summed E-state index contributed by atoms with van der Waals surface area (Å²) in [5.74, 6) is 0. The molecule has 0 bridgehead atoms. The topological polar surface area (TPSA) is 12.9 Å². The van der Waals surface area contributed by atoms with Crippen LogP contribution in [-0.2, 0) is 6.18 Å². The SMILES string of the molecule is [B]c1c(C(F)(F)F)nc2c(Cl)cccc2c1Br. The van der Waals surface area contributed by atoms with Crippen molar-refractivity contribution < 1.29 is 13.2 Å². The Kier molecular flexibility index (Phi) is 3.12. The number of benzene rings is 1. The van der Waals surface area contributed by atoms with Gasteiger partial charge in [-0.05, 0) is 6.07 Å². The minimum Gasteiger partial charge on any atom is -0.242 e. The highest BCUT2D eigenvalue weighted by Crippen LogP contribution is 2.33. The van der Waals surface area contributed by atoms with Crippen LogP contribution < -0.4 is 5.46 Å². The lowest BCUT2D eigenvalue weighted by molar-refractivity contribution is -0.140. The molecule has 17 heavy (non-hydrogen) atoms. The molecule has 0 unspecified atom stereocenters. The number of halogens is 5.